The second-order valence-corrected chi connectivity index (χ2v) is 4.76. The summed E-state index contributed by atoms with van der Waals surface area (Å²) in [6.07, 6.45) is 7.23. The summed E-state index contributed by atoms with van der Waals surface area (Å²) in [6.45, 7) is 1.98. The van der Waals surface area contributed by atoms with Gasteiger partial charge in [-0.15, -0.1) is 21.8 Å². The summed E-state index contributed by atoms with van der Waals surface area (Å²) < 4.78 is 2.04. The molecule has 0 amide bonds. The second kappa shape index (κ2) is 5.64. The second-order valence-electron chi connectivity index (χ2n) is 4.49. The lowest BCUT2D eigenvalue weighted by Crippen LogP contribution is -2.32. The van der Waals surface area contributed by atoms with Crippen molar-refractivity contribution in [1.82, 2.24) is 19.7 Å². The smallest absolute Gasteiger partial charge is 0.147 e. The van der Waals surface area contributed by atoms with Gasteiger partial charge in [0, 0.05) is 19.1 Å². The summed E-state index contributed by atoms with van der Waals surface area (Å²) >= 11 is 5.78. The fraction of sp³-hybridized carbons (Fsp3) is 0.818. The largest absolute Gasteiger partial charge is 0.315 e. The minimum atomic E-state index is 0.438. The third-order valence-corrected chi connectivity index (χ3v) is 3.70. The van der Waals surface area contributed by atoms with Crippen molar-refractivity contribution in [3.8, 4) is 0 Å². The summed E-state index contributed by atoms with van der Waals surface area (Å²) in [4.78, 5) is 2.45. The van der Waals surface area contributed by atoms with Gasteiger partial charge in [-0.05, 0) is 19.9 Å². The summed E-state index contributed by atoms with van der Waals surface area (Å²) in [6, 6.07) is 0.774. The molecule has 1 aromatic rings. The summed E-state index contributed by atoms with van der Waals surface area (Å²) in [5.41, 5.74) is 0. The SMILES string of the molecule is CN(CCn1cnnc1CCl)C1CCCC1. The Hall–Kier alpha value is -0.610. The molecule has 0 bridgehead atoms. The van der Waals surface area contributed by atoms with E-state index in [0.717, 1.165) is 25.0 Å². The quantitative estimate of drug-likeness (QED) is 0.740. The van der Waals surface area contributed by atoms with E-state index in [9.17, 15) is 0 Å². The predicted octanol–water partition coefficient (Wildman–Crippen LogP) is 1.89. The number of halogens is 1. The molecule has 5 heteroatoms. The zero-order valence-electron chi connectivity index (χ0n) is 9.77. The van der Waals surface area contributed by atoms with E-state index in [1.54, 1.807) is 6.33 Å². The monoisotopic (exact) mass is 242 g/mol. The van der Waals surface area contributed by atoms with Crippen molar-refractivity contribution >= 4 is 11.6 Å². The molecule has 1 aliphatic carbocycles. The molecule has 1 aromatic heterocycles. The number of likely N-dealkylation sites (N-methyl/N-ethyl adjacent to an activating group) is 1. The van der Waals surface area contributed by atoms with Crippen LogP contribution in [0.3, 0.4) is 0 Å². The van der Waals surface area contributed by atoms with Gasteiger partial charge in [-0.2, -0.15) is 0 Å². The molecule has 90 valence electrons. The standard InChI is InChI=1S/C11H19ClN4/c1-15(10-4-2-3-5-10)6-7-16-9-13-14-11(16)8-12/h9-10H,2-8H2,1H3. The topological polar surface area (TPSA) is 34.0 Å². The van der Waals surface area contributed by atoms with Crippen molar-refractivity contribution < 1.29 is 0 Å². The molecule has 16 heavy (non-hydrogen) atoms. The van der Waals surface area contributed by atoms with E-state index in [1.807, 2.05) is 4.57 Å². The molecule has 0 unspecified atom stereocenters. The molecule has 0 N–H and O–H groups in total. The highest BCUT2D eigenvalue weighted by molar-refractivity contribution is 6.16. The average Bonchev–Trinajstić information content (AvgIpc) is 2.96. The fourth-order valence-electron chi connectivity index (χ4n) is 2.36. The summed E-state index contributed by atoms with van der Waals surface area (Å²) in [5, 5.41) is 7.85. The van der Waals surface area contributed by atoms with Gasteiger partial charge in [0.25, 0.3) is 0 Å². The molecule has 0 radical (unpaired) electrons. The summed E-state index contributed by atoms with van der Waals surface area (Å²) in [7, 11) is 2.21. The number of hydrogen-bond donors (Lipinski definition) is 0. The van der Waals surface area contributed by atoms with Crippen LogP contribution in [0.15, 0.2) is 6.33 Å². The van der Waals surface area contributed by atoms with Crippen LogP contribution in [0, 0.1) is 0 Å². The molecule has 0 atom stereocenters. The van der Waals surface area contributed by atoms with Gasteiger partial charge in [0.1, 0.15) is 12.2 Å². The molecule has 1 saturated carbocycles. The molecule has 0 spiro atoms. The lowest BCUT2D eigenvalue weighted by molar-refractivity contribution is 0.235. The maximum atomic E-state index is 5.78. The normalized spacial score (nSPS) is 17.4. The Morgan fingerprint density at radius 1 is 1.50 bits per heavy atom. The fourth-order valence-corrected chi connectivity index (χ4v) is 2.57. The molecular weight excluding hydrogens is 224 g/mol. The lowest BCUT2D eigenvalue weighted by atomic mass is 10.2. The highest BCUT2D eigenvalue weighted by atomic mass is 35.5. The van der Waals surface area contributed by atoms with Crippen molar-refractivity contribution in [2.24, 2.45) is 0 Å². The molecule has 0 saturated heterocycles. The molecule has 0 aliphatic heterocycles. The van der Waals surface area contributed by atoms with Crippen LogP contribution >= 0.6 is 11.6 Å². The van der Waals surface area contributed by atoms with E-state index in [4.69, 9.17) is 11.6 Å². The van der Waals surface area contributed by atoms with E-state index in [2.05, 4.69) is 22.1 Å². The lowest BCUT2D eigenvalue weighted by Gasteiger charge is -2.24. The van der Waals surface area contributed by atoms with Crippen molar-refractivity contribution in [1.29, 1.82) is 0 Å². The van der Waals surface area contributed by atoms with Crippen LogP contribution in [0.4, 0.5) is 0 Å². The Morgan fingerprint density at radius 2 is 2.25 bits per heavy atom. The highest BCUT2D eigenvalue weighted by Gasteiger charge is 2.19. The van der Waals surface area contributed by atoms with Crippen molar-refractivity contribution in [2.45, 2.75) is 44.1 Å². The van der Waals surface area contributed by atoms with E-state index in [0.29, 0.717) is 5.88 Å². The van der Waals surface area contributed by atoms with Gasteiger partial charge in [0.2, 0.25) is 0 Å². The van der Waals surface area contributed by atoms with E-state index < -0.39 is 0 Å². The Bertz CT molecular complexity index is 320. The minimum Gasteiger partial charge on any atom is -0.315 e. The first-order chi connectivity index (χ1) is 7.81. The van der Waals surface area contributed by atoms with Gasteiger partial charge in [-0.25, -0.2) is 0 Å². The molecule has 0 aromatic carbocycles. The van der Waals surface area contributed by atoms with Crippen LogP contribution in [0.2, 0.25) is 0 Å². The molecule has 4 nitrogen and oxygen atoms in total. The third kappa shape index (κ3) is 2.74. The third-order valence-electron chi connectivity index (χ3n) is 3.46. The van der Waals surface area contributed by atoms with Crippen LogP contribution in [0.25, 0.3) is 0 Å². The van der Waals surface area contributed by atoms with Crippen LogP contribution in [-0.4, -0.2) is 39.3 Å². The Morgan fingerprint density at radius 3 is 2.94 bits per heavy atom. The molecule has 1 heterocycles. The van der Waals surface area contributed by atoms with Crippen molar-refractivity contribution in [3.63, 3.8) is 0 Å². The number of aromatic nitrogens is 3. The van der Waals surface area contributed by atoms with E-state index >= 15 is 0 Å². The molecular formula is C11H19ClN4. The van der Waals surface area contributed by atoms with Gasteiger partial charge < -0.3 is 9.47 Å². The Labute approximate surface area is 102 Å². The predicted molar refractivity (Wildman–Crippen MR) is 64.5 cm³/mol. The van der Waals surface area contributed by atoms with Crippen molar-refractivity contribution in [3.05, 3.63) is 12.2 Å². The number of nitrogens with zero attached hydrogens (tertiary/aromatic N) is 4. The first-order valence-corrected chi connectivity index (χ1v) is 6.47. The zero-order valence-corrected chi connectivity index (χ0v) is 10.5. The van der Waals surface area contributed by atoms with Gasteiger partial charge in [-0.1, -0.05) is 12.8 Å². The highest BCUT2D eigenvalue weighted by Crippen LogP contribution is 2.22. The molecule has 2 rings (SSSR count). The van der Waals surface area contributed by atoms with Crippen LogP contribution < -0.4 is 0 Å². The van der Waals surface area contributed by atoms with Gasteiger partial charge in [0.05, 0.1) is 5.88 Å². The zero-order chi connectivity index (χ0) is 11.4. The van der Waals surface area contributed by atoms with Crippen LogP contribution in [0.1, 0.15) is 31.5 Å². The number of hydrogen-bond acceptors (Lipinski definition) is 3. The maximum Gasteiger partial charge on any atom is 0.147 e. The van der Waals surface area contributed by atoms with Crippen molar-refractivity contribution in [2.75, 3.05) is 13.6 Å². The molecule has 1 aliphatic rings. The average molecular weight is 243 g/mol. The number of rotatable bonds is 5. The van der Waals surface area contributed by atoms with E-state index in [-0.39, 0.29) is 0 Å². The van der Waals surface area contributed by atoms with Gasteiger partial charge in [-0.3, -0.25) is 0 Å². The number of alkyl halides is 1. The van der Waals surface area contributed by atoms with Crippen LogP contribution in [-0.2, 0) is 12.4 Å². The molecule has 1 fully saturated rings. The van der Waals surface area contributed by atoms with Gasteiger partial charge in [0.15, 0.2) is 0 Å². The minimum absolute atomic E-state index is 0.438. The first-order valence-electron chi connectivity index (χ1n) is 5.94. The Kier molecular flexibility index (Phi) is 4.18. The Balaban J connectivity index is 1.82. The van der Waals surface area contributed by atoms with Gasteiger partial charge >= 0.3 is 0 Å². The maximum absolute atomic E-state index is 5.78. The first kappa shape index (κ1) is 11.9. The summed E-state index contributed by atoms with van der Waals surface area (Å²) in [5.74, 6) is 1.30. The van der Waals surface area contributed by atoms with Crippen LogP contribution in [0.5, 0.6) is 0 Å². The van der Waals surface area contributed by atoms with E-state index in [1.165, 1.54) is 25.7 Å².